The number of rotatable bonds is 2. The number of carbonyl (C=O) groups is 6. The maximum absolute atomic E-state index is 11.1. The van der Waals surface area contributed by atoms with Crippen LogP contribution >= 0.6 is 0 Å². The maximum Gasteiger partial charge on any atom is 0.335 e. The first-order valence-corrected chi connectivity index (χ1v) is 7.54. The predicted molar refractivity (Wildman–Crippen MR) is 90.8 cm³/mol. The number of carbonyl (C=O) groups excluding carboxylic acids is 4. The van der Waals surface area contributed by atoms with E-state index in [-0.39, 0.29) is 66.1 Å². The van der Waals surface area contributed by atoms with Gasteiger partial charge in [0.05, 0.1) is 34.8 Å². The van der Waals surface area contributed by atoms with Crippen LogP contribution in [0.25, 0.3) is 10.6 Å². The van der Waals surface area contributed by atoms with Gasteiger partial charge in [-0.3, -0.25) is 0 Å². The van der Waals surface area contributed by atoms with Gasteiger partial charge in [0.2, 0.25) is 0 Å². The zero-order valence-corrected chi connectivity index (χ0v) is 17.1. The molecule has 10 nitrogen and oxygen atoms in total. The van der Waals surface area contributed by atoms with E-state index < -0.39 is 35.6 Å². The van der Waals surface area contributed by atoms with Gasteiger partial charge in [0, 0.05) is 55.0 Å². The van der Waals surface area contributed by atoms with E-state index in [0.29, 0.717) is 0 Å². The van der Waals surface area contributed by atoms with E-state index in [1.807, 2.05) is 0 Å². The standard InChI is InChI=1S/2C9H5NO4.Y/c2*11-7-5-2-1-4(9(13)14)3-6(5)8(12)10-7;/h2*1-3H,(H2,10,11,12,13,14);/p-2. The summed E-state index contributed by atoms with van der Waals surface area (Å²) in [6.45, 7) is 0. The molecule has 2 aliphatic rings. The number of nitrogens with zero attached hydrogens (tertiary/aromatic N) is 2. The third-order valence-electron chi connectivity index (χ3n) is 3.86. The second kappa shape index (κ2) is 8.42. The first-order valence-electron chi connectivity index (χ1n) is 7.54. The summed E-state index contributed by atoms with van der Waals surface area (Å²) in [6, 6.07) is 7.47. The molecule has 0 fully saturated rings. The van der Waals surface area contributed by atoms with Crippen LogP contribution in [0.1, 0.15) is 62.1 Å². The maximum atomic E-state index is 11.1. The molecule has 1 radical (unpaired) electrons. The molecule has 0 bridgehead atoms. The summed E-state index contributed by atoms with van der Waals surface area (Å²) in [4.78, 5) is 65.3. The fourth-order valence-corrected chi connectivity index (χ4v) is 2.51. The van der Waals surface area contributed by atoms with Crippen LogP contribution in [0, 0.1) is 0 Å². The number of imide groups is 2. The van der Waals surface area contributed by atoms with Crippen molar-refractivity contribution in [2.75, 3.05) is 0 Å². The Morgan fingerprint density at radius 1 is 0.586 bits per heavy atom. The fraction of sp³-hybridized carbons (Fsp3) is 0. The van der Waals surface area contributed by atoms with E-state index in [9.17, 15) is 28.8 Å². The summed E-state index contributed by atoms with van der Waals surface area (Å²) in [5.41, 5.74) is 0.411. The second-order valence-electron chi connectivity index (χ2n) is 5.58. The Morgan fingerprint density at radius 2 is 0.897 bits per heavy atom. The largest absolute Gasteiger partial charge is 0.587 e. The van der Waals surface area contributed by atoms with Gasteiger partial charge in [0.1, 0.15) is 0 Å². The Kier molecular flexibility index (Phi) is 6.40. The molecule has 2 heterocycles. The summed E-state index contributed by atoms with van der Waals surface area (Å²) in [6.07, 6.45) is 0. The molecule has 0 saturated carbocycles. The van der Waals surface area contributed by atoms with Gasteiger partial charge in [-0.25, -0.2) is 9.59 Å². The summed E-state index contributed by atoms with van der Waals surface area (Å²) in [5, 5.41) is 23.7. The molecule has 0 saturated heterocycles. The number of benzene rings is 2. The van der Waals surface area contributed by atoms with Crippen molar-refractivity contribution in [1.29, 1.82) is 0 Å². The van der Waals surface area contributed by atoms with Crippen LogP contribution < -0.4 is 0 Å². The number of carboxylic acids is 2. The molecule has 11 heteroatoms. The average Bonchev–Trinajstić information content (AvgIpc) is 3.10. The van der Waals surface area contributed by atoms with Crippen molar-refractivity contribution >= 4 is 35.6 Å². The molecule has 143 valence electrons. The summed E-state index contributed by atoms with van der Waals surface area (Å²) < 4.78 is 0. The van der Waals surface area contributed by atoms with Gasteiger partial charge < -0.3 is 40.0 Å². The van der Waals surface area contributed by atoms with Gasteiger partial charge >= 0.3 is 11.9 Å². The second-order valence-corrected chi connectivity index (χ2v) is 5.58. The van der Waals surface area contributed by atoms with Crippen LogP contribution in [0.2, 0.25) is 0 Å². The molecule has 4 rings (SSSR count). The van der Waals surface area contributed by atoms with Crippen molar-refractivity contribution < 1.29 is 71.7 Å². The van der Waals surface area contributed by atoms with Gasteiger partial charge in [-0.2, -0.15) is 0 Å². The van der Waals surface area contributed by atoms with Crippen LogP contribution in [0.3, 0.4) is 0 Å². The van der Waals surface area contributed by atoms with Gasteiger partial charge in [-0.1, -0.05) is 12.1 Å². The Bertz CT molecular complexity index is 1020. The topological polar surface area (TPSA) is 171 Å². The fourth-order valence-electron chi connectivity index (χ4n) is 2.51. The van der Waals surface area contributed by atoms with Crippen LogP contribution in [0.4, 0.5) is 0 Å². The van der Waals surface area contributed by atoms with E-state index in [1.54, 1.807) is 0 Å². The van der Waals surface area contributed by atoms with Gasteiger partial charge in [0.25, 0.3) is 0 Å². The predicted octanol–water partition coefficient (Wildman–Crippen LogP) is 2.10. The Balaban J connectivity index is 0.000000200. The van der Waals surface area contributed by atoms with E-state index in [4.69, 9.17) is 10.2 Å². The molecule has 4 amide bonds. The third kappa shape index (κ3) is 4.28. The van der Waals surface area contributed by atoms with E-state index in [1.165, 1.54) is 24.3 Å². The van der Waals surface area contributed by atoms with Crippen LogP contribution in [-0.2, 0) is 32.7 Å². The minimum absolute atomic E-state index is 0. The number of aromatic carboxylic acids is 2. The molecule has 0 aromatic heterocycles. The Labute approximate surface area is 187 Å². The average molecular weight is 469 g/mol. The van der Waals surface area contributed by atoms with Crippen LogP contribution in [0.5, 0.6) is 0 Å². The third-order valence-corrected chi connectivity index (χ3v) is 3.86. The molecule has 0 aliphatic carbocycles. The summed E-state index contributed by atoms with van der Waals surface area (Å²) in [7, 11) is 0. The zero-order chi connectivity index (χ0) is 20.6. The quantitative estimate of drug-likeness (QED) is 0.630. The molecule has 2 aliphatic heterocycles. The summed E-state index contributed by atoms with van der Waals surface area (Å²) in [5.74, 6) is -4.84. The smallest absolute Gasteiger partial charge is 0.335 e. The number of amides is 4. The van der Waals surface area contributed by atoms with Gasteiger partial charge in [0.15, 0.2) is 0 Å². The molecule has 0 atom stereocenters. The van der Waals surface area contributed by atoms with Crippen molar-refractivity contribution in [1.82, 2.24) is 0 Å². The van der Waals surface area contributed by atoms with Gasteiger partial charge in [-0.15, -0.1) is 0 Å². The monoisotopic (exact) mass is 469 g/mol. The van der Waals surface area contributed by atoms with Crippen molar-refractivity contribution in [3.63, 3.8) is 0 Å². The number of hydrogen-bond donors (Lipinski definition) is 2. The molecular weight excluding hydrogens is 461 g/mol. The Morgan fingerprint density at radius 3 is 1.21 bits per heavy atom. The first-order chi connectivity index (χ1) is 13.2. The molecule has 2 aromatic carbocycles. The molecule has 2 aromatic rings. The number of fused-ring (bicyclic) bond motifs is 2. The normalized spacial score (nSPS) is 13.2. The molecule has 0 spiro atoms. The van der Waals surface area contributed by atoms with E-state index >= 15 is 0 Å². The molecule has 0 unspecified atom stereocenters. The zero-order valence-electron chi connectivity index (χ0n) is 14.3. The molecule has 29 heavy (non-hydrogen) atoms. The van der Waals surface area contributed by atoms with Crippen LogP contribution in [0.15, 0.2) is 36.4 Å². The van der Waals surface area contributed by atoms with Crippen molar-refractivity contribution in [3.05, 3.63) is 80.4 Å². The Hall–Kier alpha value is -3.24. The van der Waals surface area contributed by atoms with Crippen molar-refractivity contribution in [3.8, 4) is 0 Å². The van der Waals surface area contributed by atoms with E-state index in [2.05, 4.69) is 10.6 Å². The minimum atomic E-state index is -1.14. The van der Waals surface area contributed by atoms with E-state index in [0.717, 1.165) is 12.1 Å². The first kappa shape index (κ1) is 22.1. The SMILES string of the molecule is O=C(O)c1ccc2c(c1)C(=O)[N-]C2=O.O=C(O)c1ccc2c(c1)C(=O)[N-]C2=O.[Y]. The minimum Gasteiger partial charge on any atom is -0.587 e. The van der Waals surface area contributed by atoms with Crippen molar-refractivity contribution in [2.24, 2.45) is 0 Å². The molecule has 2 N–H and O–H groups in total. The number of hydrogen-bond acceptors (Lipinski definition) is 6. The van der Waals surface area contributed by atoms with Crippen LogP contribution in [-0.4, -0.2) is 45.8 Å². The number of carboxylic acid groups (broad SMARTS) is 2. The molecular formula is C18H8N2O8Y-2. The van der Waals surface area contributed by atoms with Gasteiger partial charge in [-0.05, 0) is 24.3 Å². The summed E-state index contributed by atoms with van der Waals surface area (Å²) >= 11 is 0. The van der Waals surface area contributed by atoms with Crippen molar-refractivity contribution in [2.45, 2.75) is 0 Å².